The summed E-state index contributed by atoms with van der Waals surface area (Å²) >= 11 is 0. The molecule has 10 rings (SSSR count). The van der Waals surface area contributed by atoms with Crippen molar-refractivity contribution in [2.24, 2.45) is 0 Å². The standard InChI is InChI=1S/C51H37NO2/c1-4-14-33(3)52(29-5-2)37-16-12-15-36(30-37)34-25-27-35(28-26-34)38-20-13-24-47-50(38)54-49-32-46-42(31-48(49)53-47)41-19-8-11-23-45(41)51(46)43-21-9-6-17-39(43)40-18-7-10-22-44(40)51/h4-32H,3H2,1-2H3/b14-4-,29-5+. The maximum atomic E-state index is 6.94. The molecular formula is C51H37NO2. The summed E-state index contributed by atoms with van der Waals surface area (Å²) in [5.41, 5.74) is 15.9. The smallest absolute Gasteiger partial charge is 0.177 e. The van der Waals surface area contributed by atoms with Crippen LogP contribution in [0.15, 0.2) is 188 Å². The second-order valence-electron chi connectivity index (χ2n) is 14.0. The molecule has 0 N–H and O–H groups in total. The topological polar surface area (TPSA) is 21.7 Å². The van der Waals surface area contributed by atoms with Crippen molar-refractivity contribution in [3.63, 3.8) is 0 Å². The molecule has 7 aromatic rings. The van der Waals surface area contributed by atoms with Crippen molar-refractivity contribution in [2.75, 3.05) is 4.90 Å². The van der Waals surface area contributed by atoms with E-state index >= 15 is 0 Å². The highest BCUT2D eigenvalue weighted by Crippen LogP contribution is 2.64. The maximum absolute atomic E-state index is 6.94. The van der Waals surface area contributed by atoms with Crippen LogP contribution in [0.4, 0.5) is 5.69 Å². The van der Waals surface area contributed by atoms with Gasteiger partial charge in [0, 0.05) is 23.1 Å². The summed E-state index contributed by atoms with van der Waals surface area (Å²) < 4.78 is 13.6. The average molecular weight is 696 g/mol. The van der Waals surface area contributed by atoms with E-state index in [1.54, 1.807) is 0 Å². The Morgan fingerprint density at radius 2 is 1.09 bits per heavy atom. The molecule has 3 aliphatic rings. The van der Waals surface area contributed by atoms with Crippen molar-refractivity contribution in [3.05, 3.63) is 211 Å². The summed E-state index contributed by atoms with van der Waals surface area (Å²) in [6.45, 7) is 8.29. The van der Waals surface area contributed by atoms with Crippen molar-refractivity contribution >= 4 is 5.69 Å². The first-order valence-corrected chi connectivity index (χ1v) is 18.5. The van der Waals surface area contributed by atoms with Crippen LogP contribution in [-0.2, 0) is 5.41 Å². The first-order chi connectivity index (χ1) is 26.6. The Morgan fingerprint density at radius 1 is 0.500 bits per heavy atom. The van der Waals surface area contributed by atoms with Crippen molar-refractivity contribution in [1.82, 2.24) is 0 Å². The molecule has 1 aliphatic heterocycles. The molecule has 3 heteroatoms. The van der Waals surface area contributed by atoms with Crippen molar-refractivity contribution < 1.29 is 9.47 Å². The van der Waals surface area contributed by atoms with Crippen LogP contribution in [0, 0.1) is 0 Å². The van der Waals surface area contributed by atoms with E-state index in [0.29, 0.717) is 5.75 Å². The summed E-state index contributed by atoms with van der Waals surface area (Å²) in [4.78, 5) is 2.10. The zero-order valence-electron chi connectivity index (χ0n) is 30.2. The number of hydrogen-bond acceptors (Lipinski definition) is 3. The van der Waals surface area contributed by atoms with Crippen molar-refractivity contribution in [2.45, 2.75) is 19.3 Å². The van der Waals surface area contributed by atoms with Gasteiger partial charge in [0.05, 0.1) is 5.41 Å². The number of ether oxygens (including phenoxy) is 2. The Balaban J connectivity index is 1.04. The van der Waals surface area contributed by atoms with Gasteiger partial charge in [-0.15, -0.1) is 0 Å². The molecule has 0 atom stereocenters. The average Bonchev–Trinajstić information content (AvgIpc) is 3.68. The number of rotatable bonds is 6. The van der Waals surface area contributed by atoms with Gasteiger partial charge < -0.3 is 14.4 Å². The van der Waals surface area contributed by atoms with E-state index in [1.165, 1.54) is 44.5 Å². The van der Waals surface area contributed by atoms with Crippen LogP contribution in [0.5, 0.6) is 23.0 Å². The predicted octanol–water partition coefficient (Wildman–Crippen LogP) is 13.7. The van der Waals surface area contributed by atoms with Gasteiger partial charge in [0.15, 0.2) is 23.0 Å². The lowest BCUT2D eigenvalue weighted by Gasteiger charge is -2.31. The molecule has 0 saturated carbocycles. The maximum Gasteiger partial charge on any atom is 0.177 e. The molecule has 0 saturated heterocycles. The predicted molar refractivity (Wildman–Crippen MR) is 221 cm³/mol. The van der Waals surface area contributed by atoms with Crippen LogP contribution in [0.3, 0.4) is 0 Å². The lowest BCUT2D eigenvalue weighted by molar-refractivity contribution is 0.360. The number of allylic oxidation sites excluding steroid dienone is 3. The third kappa shape index (κ3) is 4.61. The van der Waals surface area contributed by atoms with Gasteiger partial charge in [0.2, 0.25) is 0 Å². The molecule has 2 aliphatic carbocycles. The lowest BCUT2D eigenvalue weighted by atomic mass is 9.70. The van der Waals surface area contributed by atoms with Crippen LogP contribution < -0.4 is 14.4 Å². The van der Waals surface area contributed by atoms with Crippen LogP contribution in [-0.4, -0.2) is 0 Å². The van der Waals surface area contributed by atoms with E-state index in [4.69, 9.17) is 9.47 Å². The van der Waals surface area contributed by atoms with Gasteiger partial charge in [-0.3, -0.25) is 0 Å². The number of nitrogens with zero attached hydrogens (tertiary/aromatic N) is 1. The van der Waals surface area contributed by atoms with Gasteiger partial charge >= 0.3 is 0 Å². The first kappa shape index (κ1) is 31.9. The Morgan fingerprint density at radius 3 is 1.76 bits per heavy atom. The van der Waals surface area contributed by atoms with Crippen LogP contribution >= 0.6 is 0 Å². The summed E-state index contributed by atoms with van der Waals surface area (Å²) in [6.07, 6.45) is 8.09. The molecular weight excluding hydrogens is 659 g/mol. The molecule has 0 radical (unpaired) electrons. The minimum absolute atomic E-state index is 0.450. The normalized spacial score (nSPS) is 13.7. The van der Waals surface area contributed by atoms with Gasteiger partial charge in [-0.1, -0.05) is 140 Å². The Bertz CT molecular complexity index is 2670. The molecule has 1 heterocycles. The highest BCUT2D eigenvalue weighted by molar-refractivity contribution is 5.96. The van der Waals surface area contributed by atoms with Gasteiger partial charge in [-0.25, -0.2) is 0 Å². The largest absolute Gasteiger partial charge is 0.449 e. The highest BCUT2D eigenvalue weighted by Gasteiger charge is 2.52. The van der Waals surface area contributed by atoms with E-state index in [-0.39, 0.29) is 0 Å². The zero-order valence-corrected chi connectivity index (χ0v) is 30.2. The fraction of sp³-hybridized carbons (Fsp3) is 0.0588. The monoisotopic (exact) mass is 695 g/mol. The highest BCUT2D eigenvalue weighted by atomic mass is 16.6. The third-order valence-electron chi connectivity index (χ3n) is 11.1. The summed E-state index contributed by atoms with van der Waals surface area (Å²) in [6, 6.07) is 54.3. The molecule has 7 aromatic carbocycles. The minimum atomic E-state index is -0.450. The number of fused-ring (bicyclic) bond motifs is 12. The molecule has 0 bridgehead atoms. The molecule has 3 nitrogen and oxygen atoms in total. The molecule has 0 aromatic heterocycles. The fourth-order valence-electron chi connectivity index (χ4n) is 8.86. The van der Waals surface area contributed by atoms with Crippen molar-refractivity contribution in [3.8, 4) is 67.5 Å². The molecule has 0 amide bonds. The second kappa shape index (κ2) is 12.4. The molecule has 0 fully saturated rings. The van der Waals surface area contributed by atoms with E-state index in [0.717, 1.165) is 50.9 Å². The van der Waals surface area contributed by atoms with Crippen LogP contribution in [0.25, 0.3) is 44.5 Å². The third-order valence-corrected chi connectivity index (χ3v) is 11.1. The molecule has 1 spiro atoms. The zero-order chi connectivity index (χ0) is 36.4. The van der Waals surface area contributed by atoms with E-state index < -0.39 is 5.41 Å². The number of hydrogen-bond donors (Lipinski definition) is 0. The SMILES string of the molecule is C=C(/C=C\C)N(/C=C/C)c1cccc(-c2ccc(-c3cccc4c3Oc3cc5c(cc3O4)-c3ccccc3C53c4ccccc4-c4ccccc43)cc2)c1. The van der Waals surface area contributed by atoms with E-state index in [1.807, 2.05) is 50.4 Å². The van der Waals surface area contributed by atoms with Gasteiger partial charge in [-0.05, 0) is 111 Å². The fourth-order valence-corrected chi connectivity index (χ4v) is 8.86. The van der Waals surface area contributed by atoms with Crippen LogP contribution in [0.2, 0.25) is 0 Å². The number of anilines is 1. The summed E-state index contributed by atoms with van der Waals surface area (Å²) in [5, 5.41) is 0. The number of benzene rings is 7. The van der Waals surface area contributed by atoms with Gasteiger partial charge in [0.25, 0.3) is 0 Å². The molecule has 54 heavy (non-hydrogen) atoms. The summed E-state index contributed by atoms with van der Waals surface area (Å²) in [5.74, 6) is 2.88. The Kier molecular flexibility index (Phi) is 7.31. The summed E-state index contributed by atoms with van der Waals surface area (Å²) in [7, 11) is 0. The quantitative estimate of drug-likeness (QED) is 0.162. The molecule has 258 valence electrons. The minimum Gasteiger partial charge on any atom is -0.449 e. The van der Waals surface area contributed by atoms with Crippen LogP contribution in [0.1, 0.15) is 36.1 Å². The van der Waals surface area contributed by atoms with Gasteiger partial charge in [0.1, 0.15) is 0 Å². The molecule has 0 unspecified atom stereocenters. The first-order valence-electron chi connectivity index (χ1n) is 18.5. The number of para-hydroxylation sites is 1. The Hall–Kier alpha value is -6.84. The lowest BCUT2D eigenvalue weighted by Crippen LogP contribution is -2.25. The second-order valence-corrected chi connectivity index (χ2v) is 14.0. The van der Waals surface area contributed by atoms with E-state index in [9.17, 15) is 0 Å². The van der Waals surface area contributed by atoms with Gasteiger partial charge in [-0.2, -0.15) is 0 Å². The van der Waals surface area contributed by atoms with E-state index in [2.05, 4.69) is 151 Å². The van der Waals surface area contributed by atoms with Crippen molar-refractivity contribution in [1.29, 1.82) is 0 Å². The Labute approximate surface area is 316 Å².